The van der Waals surface area contributed by atoms with E-state index in [-0.39, 0.29) is 235 Å². The number of unbranched alkanes of at least 4 members (excludes halogenated alkanes) is 3. The monoisotopic (exact) mass is 1540 g/mol. The second kappa shape index (κ2) is 76.2. The summed E-state index contributed by atoms with van der Waals surface area (Å²) >= 11 is 0. The number of Topliss-reactive ketones (excluding diaryl/α,β-unsaturated/α-hetero) is 5. The Morgan fingerprint density at radius 3 is 1.05 bits per heavy atom. The van der Waals surface area contributed by atoms with Crippen molar-refractivity contribution in [3.63, 3.8) is 0 Å². The molecule has 0 saturated carbocycles. The van der Waals surface area contributed by atoms with Crippen LogP contribution in [-0.4, -0.2) is 259 Å². The number of rotatable bonds is 63. The van der Waals surface area contributed by atoms with Crippen molar-refractivity contribution in [1.29, 1.82) is 0 Å². The Morgan fingerprint density at radius 2 is 0.707 bits per heavy atom. The summed E-state index contributed by atoms with van der Waals surface area (Å²) in [5, 5.41) is 14.7. The van der Waals surface area contributed by atoms with E-state index in [1.54, 1.807) is 61.7 Å². The Morgan fingerprint density at radius 1 is 0.380 bits per heavy atom. The smallest absolute Gasteiger partial charge is 0.239 e. The number of methoxy groups -OCH3 is 6. The van der Waals surface area contributed by atoms with Gasteiger partial charge in [-0.3, -0.25) is 38.4 Å². The van der Waals surface area contributed by atoms with E-state index >= 15 is 0 Å². The van der Waals surface area contributed by atoms with Gasteiger partial charge in [-0.05, 0) is 66.1 Å². The zero-order valence-electron chi connectivity index (χ0n) is 58.1. The summed E-state index contributed by atoms with van der Waals surface area (Å²) in [6.07, 6.45) is 12.6. The predicted octanol–water partition coefficient (Wildman–Crippen LogP) is 5.67. The fourth-order valence-corrected chi connectivity index (χ4v) is 8.91. The van der Waals surface area contributed by atoms with Gasteiger partial charge in [0.25, 0.3) is 0 Å². The van der Waals surface area contributed by atoms with Gasteiger partial charge >= 0.3 is 0 Å². The summed E-state index contributed by atoms with van der Waals surface area (Å²) < 4.78 is 47.6. The minimum Gasteiger partial charge on any atom is -0.677 e. The van der Waals surface area contributed by atoms with Crippen LogP contribution >= 0.6 is 0 Å². The number of hydrogen-bond acceptors (Lipinski definition) is 20. The molecule has 0 aromatic heterocycles. The Hall–Kier alpha value is -0.528. The van der Waals surface area contributed by atoms with Crippen molar-refractivity contribution in [3.05, 3.63) is 17.2 Å². The topological polar surface area (TPSA) is 354 Å². The number of ketones is 5. The number of nitrogens with one attached hydrogen (secondary N) is 8. The molecule has 3 amide bonds. The van der Waals surface area contributed by atoms with E-state index in [1.807, 2.05) is 7.05 Å². The van der Waals surface area contributed by atoms with Crippen LogP contribution < -0.4 is 26.6 Å². The van der Waals surface area contributed by atoms with Crippen molar-refractivity contribution in [2.75, 3.05) is 189 Å². The maximum Gasteiger partial charge on any atom is 0.239 e. The normalized spacial score (nSPS) is 11.8. The zero-order valence-corrected chi connectivity index (χ0v) is 66.6. The van der Waals surface area contributed by atoms with Gasteiger partial charge < -0.3 is 91.3 Å². The van der Waals surface area contributed by atoms with Gasteiger partial charge in [0.15, 0.2) is 5.78 Å². The van der Waals surface area contributed by atoms with Crippen molar-refractivity contribution in [3.8, 4) is 0 Å². The van der Waals surface area contributed by atoms with Gasteiger partial charge in [0, 0.05) is 263 Å². The van der Waals surface area contributed by atoms with Crippen molar-refractivity contribution in [1.82, 2.24) is 31.5 Å². The van der Waals surface area contributed by atoms with Crippen molar-refractivity contribution < 1.29 is 179 Å². The van der Waals surface area contributed by atoms with E-state index in [2.05, 4.69) is 26.6 Å². The van der Waals surface area contributed by atoms with Gasteiger partial charge in [0.2, 0.25) is 17.7 Å². The van der Waals surface area contributed by atoms with E-state index in [4.69, 9.17) is 59.8 Å². The van der Waals surface area contributed by atoms with Crippen LogP contribution in [0.3, 0.4) is 0 Å². The summed E-state index contributed by atoms with van der Waals surface area (Å²) in [7, 11) is 14.8. The van der Waals surface area contributed by atoms with E-state index < -0.39 is 11.5 Å². The van der Waals surface area contributed by atoms with Crippen LogP contribution in [-0.2, 0) is 179 Å². The molecule has 0 aliphatic heterocycles. The molecule has 26 nitrogen and oxygen atoms in total. The summed E-state index contributed by atoms with van der Waals surface area (Å²) in [5.41, 5.74) is 20.8. The van der Waals surface area contributed by atoms with Crippen LogP contribution in [0.4, 0.5) is 0 Å². The molecule has 0 rings (SSSR count). The number of amides is 3. The third-order valence-corrected chi connectivity index (χ3v) is 14.2. The minimum atomic E-state index is -0.931. The number of carbonyl (C=O) groups is 8. The fourth-order valence-electron chi connectivity index (χ4n) is 8.91. The van der Waals surface area contributed by atoms with Gasteiger partial charge in [-0.25, -0.2) is 0 Å². The maximum atomic E-state index is 13.6. The molecule has 3 radical (unpaired) electrons. The zero-order chi connectivity index (χ0) is 67.0. The van der Waals surface area contributed by atoms with Crippen molar-refractivity contribution in [2.45, 2.75) is 166 Å². The van der Waals surface area contributed by atoms with Crippen molar-refractivity contribution >= 4 is 46.6 Å². The Bertz CT molecular complexity index is 1680. The average Bonchev–Trinajstić information content (AvgIpc) is 3.60. The van der Waals surface area contributed by atoms with Crippen LogP contribution in [0.15, 0.2) is 0 Å². The molecule has 8 N–H and O–H groups in total. The third kappa shape index (κ3) is 63.0. The Kier molecular flexibility index (Phi) is 84.9. The first-order chi connectivity index (χ1) is 43.0. The molecule has 0 spiro atoms. The molecule has 3 atom stereocenters. The van der Waals surface area contributed by atoms with Crippen LogP contribution in [0.25, 0.3) is 17.2 Å². The summed E-state index contributed by atoms with van der Waals surface area (Å²) in [5.74, 6) is 0.0254. The third-order valence-electron chi connectivity index (χ3n) is 14.2. The van der Waals surface area contributed by atoms with Crippen molar-refractivity contribution in [2.24, 2.45) is 5.41 Å². The molecule has 533 valence electrons. The predicted molar refractivity (Wildman–Crippen MR) is 346 cm³/mol. The summed E-state index contributed by atoms with van der Waals surface area (Å²) in [6, 6.07) is -0.807. The Balaban J connectivity index is -0.000000336. The molecule has 0 aliphatic rings. The van der Waals surface area contributed by atoms with E-state index in [1.165, 1.54) is 0 Å². The number of likely N-dealkylation sites (N-methyl/N-ethyl adjacent to an activating group) is 3. The summed E-state index contributed by atoms with van der Waals surface area (Å²) in [4.78, 5) is 101. The van der Waals surface area contributed by atoms with Crippen LogP contribution in [0.2, 0.25) is 0 Å². The molecular weight excluding hydrogens is 1420 g/mol. The molecule has 0 bridgehead atoms. The number of nitrogens with zero attached hydrogens (tertiary/aromatic N) is 1. The van der Waals surface area contributed by atoms with Crippen LogP contribution in [0.1, 0.15) is 148 Å². The van der Waals surface area contributed by atoms with E-state index in [9.17, 15) is 38.4 Å². The SMILES string of the molecule is CNC(CCCC[NH-])C(=O)CC(COCCC(=O)CCCOC)(COCCC(=O)NCCOC)COCCC(=O)NCCOC.CNC(CCCC[NH-])C(=O)CCCOC.CNC(CCCC[NH-])C(=O)N(CCC(=O)CCCOC)CCC(=O)CCCOC.[Y].[Y].[Y]. The average molecular weight is 1540 g/mol. The fraction of sp³-hybridized carbons (Fsp3) is 0.873. The Labute approximate surface area is 628 Å². The summed E-state index contributed by atoms with van der Waals surface area (Å²) in [6.45, 7) is 6.20. The first kappa shape index (κ1) is 102. The maximum absolute atomic E-state index is 13.6. The molecule has 92 heavy (non-hydrogen) atoms. The van der Waals surface area contributed by atoms with Gasteiger partial charge in [-0.15, -0.1) is 0 Å². The largest absolute Gasteiger partial charge is 0.677 e. The molecule has 3 unspecified atom stereocenters. The first-order valence-corrected chi connectivity index (χ1v) is 32.1. The van der Waals surface area contributed by atoms with Gasteiger partial charge in [-0.1, -0.05) is 38.5 Å². The van der Waals surface area contributed by atoms with E-state index in [0.717, 1.165) is 44.9 Å². The molecule has 0 aromatic carbocycles. The minimum absolute atomic E-state index is 0. The number of carbonyl (C=O) groups excluding carboxylic acids is 8. The van der Waals surface area contributed by atoms with Gasteiger partial charge in [-0.2, -0.15) is 19.6 Å². The molecule has 29 heteroatoms. The standard InChI is InChI=1S/C31H59N4O10.C21H40N3O5.C11H23N2O2.3Y/c1-33-27(9-5-6-13-32)28(37)22-31(23-43-17-10-26(36)8-7-16-40-2,24-44-18-11-29(38)34-14-20-41-3)25-45-19-12-30(39)35-15-21-42-4;1-23-20(10-4-5-13-22)21(27)24(14-11-18(25)8-6-16-28-2)15-12-19(26)9-7-17-29-3;1-13-10(6-3-4-8-12)11(14)7-5-9-15-2;;;/h27,32-33H,5-25H2,1-4H3,(H,34,38)(H,35,39);20,22-23H,4-17H2,1-3H3;10,12-13H,3-9H2,1-2H3;;;/q3*-1;;;. The number of ether oxygens (including phenoxy) is 9. The molecule has 0 fully saturated rings. The molecule has 0 aliphatic carbocycles. The molecule has 0 aromatic rings. The van der Waals surface area contributed by atoms with Crippen LogP contribution in [0.5, 0.6) is 0 Å². The second-order valence-corrected chi connectivity index (χ2v) is 21.8. The number of hydrogen-bond donors (Lipinski definition) is 5. The van der Waals surface area contributed by atoms with E-state index in [0.29, 0.717) is 150 Å². The second-order valence-electron chi connectivity index (χ2n) is 21.8. The van der Waals surface area contributed by atoms with Crippen LogP contribution in [0, 0.1) is 5.41 Å². The van der Waals surface area contributed by atoms with Gasteiger partial charge in [0.05, 0.1) is 71.0 Å². The molecule has 0 saturated heterocycles. The van der Waals surface area contributed by atoms with Gasteiger partial charge in [0.1, 0.15) is 23.1 Å². The first-order valence-electron chi connectivity index (χ1n) is 32.1. The quantitative estimate of drug-likeness (QED) is 0.0458. The molecule has 0 heterocycles. The molecular formula is C63H122N9O17Y3-3.